The number of ether oxygens (including phenoxy) is 2. The molecule has 0 saturated carbocycles. The second-order valence-corrected chi connectivity index (χ2v) is 8.22. The van der Waals surface area contributed by atoms with Gasteiger partial charge in [0.15, 0.2) is 0 Å². The predicted molar refractivity (Wildman–Crippen MR) is 107 cm³/mol. The molecule has 0 N–H and O–H groups in total. The van der Waals surface area contributed by atoms with E-state index in [0.29, 0.717) is 10.8 Å². The number of aryl methyl sites for hydroxylation is 1. The van der Waals surface area contributed by atoms with Gasteiger partial charge in [-0.25, -0.2) is 4.90 Å². The van der Waals surface area contributed by atoms with Gasteiger partial charge in [0, 0.05) is 17.2 Å². The highest BCUT2D eigenvalue weighted by molar-refractivity contribution is 6.31. The van der Waals surface area contributed by atoms with E-state index < -0.39 is 16.8 Å². The highest BCUT2D eigenvalue weighted by Gasteiger charge is 2.62. The molecule has 4 atom stereocenters. The Labute approximate surface area is 176 Å². The predicted octanol–water partition coefficient (Wildman–Crippen LogP) is 4.02. The summed E-state index contributed by atoms with van der Waals surface area (Å²) in [6.45, 7) is 1.81. The van der Waals surface area contributed by atoms with Crippen molar-refractivity contribution in [1.29, 1.82) is 0 Å². The van der Waals surface area contributed by atoms with Crippen LogP contribution in [0.2, 0.25) is 5.02 Å². The number of benzene rings is 2. The third kappa shape index (κ3) is 2.86. The first-order chi connectivity index (χ1) is 14.3. The number of anilines is 1. The van der Waals surface area contributed by atoms with Crippen LogP contribution < -0.4 is 9.64 Å². The Morgan fingerprint density at radius 3 is 2.33 bits per heavy atom. The molecule has 3 heterocycles. The zero-order valence-corrected chi connectivity index (χ0v) is 16.7. The molecule has 5 rings (SSSR count). The molecule has 2 amide bonds. The van der Waals surface area contributed by atoms with Gasteiger partial charge in [-0.2, -0.15) is 0 Å². The van der Waals surface area contributed by atoms with Crippen LogP contribution in [0.15, 0.2) is 36.4 Å². The zero-order chi connectivity index (χ0) is 21.2. The smallest absolute Gasteiger partial charge is 0.275 e. The summed E-state index contributed by atoms with van der Waals surface area (Å²) >= 11 is 6.03. The summed E-state index contributed by atoms with van der Waals surface area (Å²) in [5.41, 5.74) is 0.645. The lowest BCUT2D eigenvalue weighted by atomic mass is 9.81. The van der Waals surface area contributed by atoms with Gasteiger partial charge < -0.3 is 9.47 Å². The number of carbonyl (C=O) groups is 2. The van der Waals surface area contributed by atoms with E-state index in [9.17, 15) is 19.7 Å². The molecule has 3 saturated heterocycles. The van der Waals surface area contributed by atoms with Crippen LogP contribution in [0.1, 0.15) is 18.4 Å². The van der Waals surface area contributed by atoms with Crippen LogP contribution in [0.5, 0.6) is 11.5 Å². The van der Waals surface area contributed by atoms with Crippen molar-refractivity contribution in [3.05, 3.63) is 57.1 Å². The Hall–Kier alpha value is -2.97. The highest BCUT2D eigenvalue weighted by atomic mass is 35.5. The Morgan fingerprint density at radius 2 is 1.73 bits per heavy atom. The summed E-state index contributed by atoms with van der Waals surface area (Å²) in [7, 11) is 0. The zero-order valence-electron chi connectivity index (χ0n) is 15.9. The number of carbonyl (C=O) groups excluding carboxylic acids is 2. The third-order valence-electron chi connectivity index (χ3n) is 5.99. The number of nitro benzene ring substituents is 1. The van der Waals surface area contributed by atoms with Crippen molar-refractivity contribution < 1.29 is 24.0 Å². The summed E-state index contributed by atoms with van der Waals surface area (Å²) in [6, 6.07) is 8.95. The van der Waals surface area contributed by atoms with Crippen molar-refractivity contribution in [2.24, 2.45) is 11.8 Å². The highest BCUT2D eigenvalue weighted by Crippen LogP contribution is 2.50. The number of non-ortho nitro benzene ring substituents is 1. The number of halogens is 1. The lowest BCUT2D eigenvalue weighted by molar-refractivity contribution is -0.384. The number of nitrogens with zero attached hydrogens (tertiary/aromatic N) is 2. The van der Waals surface area contributed by atoms with E-state index in [2.05, 4.69) is 0 Å². The van der Waals surface area contributed by atoms with Crippen molar-refractivity contribution in [1.82, 2.24) is 0 Å². The van der Waals surface area contributed by atoms with E-state index >= 15 is 0 Å². The summed E-state index contributed by atoms with van der Waals surface area (Å²) in [5, 5.41) is 12.0. The summed E-state index contributed by atoms with van der Waals surface area (Å²) in [5.74, 6) is -1.18. The molecular weight excluding hydrogens is 412 g/mol. The van der Waals surface area contributed by atoms with Crippen molar-refractivity contribution in [3.8, 4) is 11.5 Å². The van der Waals surface area contributed by atoms with E-state index in [0.717, 1.165) is 23.3 Å². The number of fused-ring (bicyclic) bond motifs is 5. The fourth-order valence-electron chi connectivity index (χ4n) is 4.64. The fraction of sp³-hybridized carbons (Fsp3) is 0.333. The molecular formula is C21H17ClN2O6. The lowest BCUT2D eigenvalue weighted by Gasteiger charge is -2.18. The van der Waals surface area contributed by atoms with Crippen LogP contribution in [0, 0.1) is 28.9 Å². The van der Waals surface area contributed by atoms with Crippen molar-refractivity contribution in [2.75, 3.05) is 4.90 Å². The van der Waals surface area contributed by atoms with E-state index in [1.54, 1.807) is 18.2 Å². The van der Waals surface area contributed by atoms with Gasteiger partial charge in [0.05, 0.1) is 40.7 Å². The van der Waals surface area contributed by atoms with Gasteiger partial charge in [0.2, 0.25) is 11.8 Å². The topological polar surface area (TPSA) is 99.0 Å². The average molecular weight is 429 g/mol. The minimum absolute atomic E-state index is 0.133. The molecule has 0 unspecified atom stereocenters. The maximum atomic E-state index is 13.0. The summed E-state index contributed by atoms with van der Waals surface area (Å²) in [6.07, 6.45) is 0.983. The van der Waals surface area contributed by atoms with Gasteiger partial charge in [-0.05, 0) is 43.5 Å². The van der Waals surface area contributed by atoms with Gasteiger partial charge in [0.25, 0.3) is 5.69 Å². The molecule has 0 aliphatic carbocycles. The largest absolute Gasteiger partial charge is 0.457 e. The Kier molecular flexibility index (Phi) is 4.30. The number of amides is 2. The molecule has 2 aromatic rings. The molecule has 2 aromatic carbocycles. The molecule has 8 nitrogen and oxygen atoms in total. The maximum absolute atomic E-state index is 13.0. The van der Waals surface area contributed by atoms with Crippen LogP contribution >= 0.6 is 11.6 Å². The molecule has 154 valence electrons. The normalized spacial score (nSPS) is 26.9. The molecule has 3 aliphatic heterocycles. The number of hydrogen-bond donors (Lipinski definition) is 0. The van der Waals surface area contributed by atoms with Gasteiger partial charge >= 0.3 is 0 Å². The van der Waals surface area contributed by atoms with Crippen molar-refractivity contribution in [2.45, 2.75) is 32.0 Å². The van der Waals surface area contributed by atoms with Crippen LogP contribution in [-0.2, 0) is 14.3 Å². The number of nitro groups is 1. The minimum atomic E-state index is -0.581. The van der Waals surface area contributed by atoms with E-state index in [-0.39, 0.29) is 41.1 Å². The van der Waals surface area contributed by atoms with Crippen LogP contribution in [-0.4, -0.2) is 28.9 Å². The fourth-order valence-corrected chi connectivity index (χ4v) is 4.76. The van der Waals surface area contributed by atoms with E-state index in [1.165, 1.54) is 18.2 Å². The Morgan fingerprint density at radius 1 is 1.07 bits per heavy atom. The second-order valence-electron chi connectivity index (χ2n) is 7.81. The molecule has 3 aliphatic rings. The standard InChI is InChI=1S/C21H17ClN2O6/c1-10-6-13(2-3-15(10)22)29-14-8-11(7-12(9-14)24(27)28)23-20(25)18-16-4-5-17(30-16)19(18)21(23)26/h2-3,6-9,16-19H,4-5H2,1H3/t16-,17-,18-,19-/m0/s1. The van der Waals surface area contributed by atoms with Gasteiger partial charge in [-0.15, -0.1) is 0 Å². The van der Waals surface area contributed by atoms with Gasteiger partial charge in [0.1, 0.15) is 11.5 Å². The molecule has 30 heavy (non-hydrogen) atoms. The van der Waals surface area contributed by atoms with E-state index in [4.69, 9.17) is 21.1 Å². The minimum Gasteiger partial charge on any atom is -0.457 e. The quantitative estimate of drug-likeness (QED) is 0.414. The molecule has 0 spiro atoms. The second kappa shape index (κ2) is 6.78. The van der Waals surface area contributed by atoms with Gasteiger partial charge in [-0.3, -0.25) is 19.7 Å². The molecule has 2 bridgehead atoms. The van der Waals surface area contributed by atoms with Crippen molar-refractivity contribution >= 4 is 34.8 Å². The van der Waals surface area contributed by atoms with Crippen LogP contribution in [0.4, 0.5) is 11.4 Å². The Balaban J connectivity index is 1.52. The Bertz CT molecular complexity index is 1070. The van der Waals surface area contributed by atoms with Crippen LogP contribution in [0.25, 0.3) is 0 Å². The molecule has 9 heteroatoms. The third-order valence-corrected chi connectivity index (χ3v) is 6.42. The lowest BCUT2D eigenvalue weighted by Crippen LogP contribution is -2.34. The van der Waals surface area contributed by atoms with Crippen molar-refractivity contribution in [3.63, 3.8) is 0 Å². The molecule has 0 aromatic heterocycles. The summed E-state index contributed by atoms with van der Waals surface area (Å²) in [4.78, 5) is 38.0. The SMILES string of the molecule is Cc1cc(Oc2cc(N3C(=O)[C@@H]4[C@@H](C3=O)[C@@H]3CC[C@@H]4O3)cc([N+](=O)[O-])c2)ccc1Cl. The number of rotatable bonds is 4. The summed E-state index contributed by atoms with van der Waals surface area (Å²) < 4.78 is 11.5. The first-order valence-corrected chi connectivity index (χ1v) is 9.98. The van der Waals surface area contributed by atoms with Gasteiger partial charge in [-0.1, -0.05) is 11.6 Å². The molecule has 0 radical (unpaired) electrons. The average Bonchev–Trinajstić information content (AvgIpc) is 3.38. The number of imide groups is 1. The maximum Gasteiger partial charge on any atom is 0.275 e. The van der Waals surface area contributed by atoms with E-state index in [1.807, 2.05) is 6.92 Å². The molecule has 3 fully saturated rings. The van der Waals surface area contributed by atoms with Crippen LogP contribution in [0.3, 0.4) is 0 Å². The monoisotopic (exact) mass is 428 g/mol. The first-order valence-electron chi connectivity index (χ1n) is 9.60. The number of hydrogen-bond acceptors (Lipinski definition) is 6. The first kappa shape index (κ1) is 19.0.